The molecule has 1 unspecified atom stereocenters. The molecule has 1 aliphatic heterocycles. The summed E-state index contributed by atoms with van der Waals surface area (Å²) >= 11 is 6.10. The first kappa shape index (κ1) is 14.4. The van der Waals surface area contributed by atoms with Gasteiger partial charge in [0.1, 0.15) is 12.0 Å². The molecule has 1 atom stereocenters. The van der Waals surface area contributed by atoms with Gasteiger partial charge < -0.3 is 11.1 Å². The van der Waals surface area contributed by atoms with E-state index in [1.165, 1.54) is 29.2 Å². The maximum atomic E-state index is 13.2. The van der Waals surface area contributed by atoms with Crippen LogP contribution in [0.1, 0.15) is 11.7 Å². The van der Waals surface area contributed by atoms with Gasteiger partial charge in [-0.05, 0) is 35.9 Å². The summed E-state index contributed by atoms with van der Waals surface area (Å²) in [5, 5.41) is 3.28. The first-order valence-electron chi connectivity index (χ1n) is 6.62. The SMILES string of the molecule is Nc1ccc(C2NC=CC(=O)N2c2ccc(F)cc2Cl)cc1. The molecule has 3 rings (SSSR count). The van der Waals surface area contributed by atoms with Crippen LogP contribution in [0.4, 0.5) is 15.8 Å². The van der Waals surface area contributed by atoms with E-state index in [0.29, 0.717) is 11.4 Å². The van der Waals surface area contributed by atoms with Crippen molar-refractivity contribution in [3.8, 4) is 0 Å². The van der Waals surface area contributed by atoms with Crippen LogP contribution in [-0.2, 0) is 4.79 Å². The van der Waals surface area contributed by atoms with Gasteiger partial charge >= 0.3 is 0 Å². The van der Waals surface area contributed by atoms with Gasteiger partial charge in [0.2, 0.25) is 0 Å². The van der Waals surface area contributed by atoms with E-state index in [1.807, 2.05) is 12.1 Å². The molecule has 2 aromatic rings. The van der Waals surface area contributed by atoms with Gasteiger partial charge in [-0.25, -0.2) is 4.39 Å². The summed E-state index contributed by atoms with van der Waals surface area (Å²) in [6.07, 6.45) is 2.53. The Morgan fingerprint density at radius 1 is 1.18 bits per heavy atom. The maximum absolute atomic E-state index is 13.2. The molecular weight excluding hydrogens is 305 g/mol. The quantitative estimate of drug-likeness (QED) is 0.836. The van der Waals surface area contributed by atoms with Crippen LogP contribution in [-0.4, -0.2) is 5.91 Å². The molecule has 3 N–H and O–H groups in total. The highest BCUT2D eigenvalue weighted by Gasteiger charge is 2.29. The standard InChI is InChI=1S/C16H13ClFN3O/c17-13-9-11(18)3-6-14(13)21-15(22)7-8-20-16(21)10-1-4-12(19)5-2-10/h1-9,16,20H,19H2. The van der Waals surface area contributed by atoms with Gasteiger partial charge in [-0.15, -0.1) is 0 Å². The zero-order chi connectivity index (χ0) is 15.7. The first-order valence-corrected chi connectivity index (χ1v) is 7.00. The lowest BCUT2D eigenvalue weighted by Gasteiger charge is -2.34. The minimum atomic E-state index is -0.453. The smallest absolute Gasteiger partial charge is 0.254 e. The number of benzene rings is 2. The molecule has 6 heteroatoms. The number of halogens is 2. The monoisotopic (exact) mass is 317 g/mol. The number of nitrogens with one attached hydrogen (secondary N) is 1. The van der Waals surface area contributed by atoms with E-state index >= 15 is 0 Å². The number of nitrogen functional groups attached to an aromatic ring is 1. The summed E-state index contributed by atoms with van der Waals surface area (Å²) in [4.78, 5) is 13.8. The zero-order valence-corrected chi connectivity index (χ0v) is 12.2. The molecule has 22 heavy (non-hydrogen) atoms. The molecule has 0 saturated heterocycles. The Labute approximate surface area is 132 Å². The topological polar surface area (TPSA) is 58.4 Å². The molecule has 0 aromatic heterocycles. The Balaban J connectivity index is 2.06. The predicted molar refractivity (Wildman–Crippen MR) is 84.8 cm³/mol. The number of hydrogen-bond acceptors (Lipinski definition) is 3. The fourth-order valence-corrected chi connectivity index (χ4v) is 2.61. The van der Waals surface area contributed by atoms with Crippen molar-refractivity contribution in [1.29, 1.82) is 0 Å². The Morgan fingerprint density at radius 2 is 1.91 bits per heavy atom. The van der Waals surface area contributed by atoms with Crippen LogP contribution in [0.3, 0.4) is 0 Å². The van der Waals surface area contributed by atoms with E-state index in [1.54, 1.807) is 18.3 Å². The number of hydrogen-bond donors (Lipinski definition) is 2. The Hall–Kier alpha value is -2.53. The molecule has 0 saturated carbocycles. The van der Waals surface area contributed by atoms with Gasteiger partial charge in [-0.1, -0.05) is 23.7 Å². The number of carbonyl (C=O) groups is 1. The van der Waals surface area contributed by atoms with Crippen LogP contribution in [0.25, 0.3) is 0 Å². The number of anilines is 2. The van der Waals surface area contributed by atoms with Crippen LogP contribution in [0.2, 0.25) is 5.02 Å². The van der Waals surface area contributed by atoms with E-state index in [0.717, 1.165) is 5.56 Å². The largest absolute Gasteiger partial charge is 0.399 e. The van der Waals surface area contributed by atoms with Crippen LogP contribution in [0.5, 0.6) is 0 Å². The molecule has 1 heterocycles. The third-order valence-corrected chi connectivity index (χ3v) is 3.70. The fourth-order valence-electron chi connectivity index (χ4n) is 2.35. The second kappa shape index (κ2) is 5.69. The van der Waals surface area contributed by atoms with Crippen molar-refractivity contribution in [3.05, 3.63) is 71.1 Å². The molecule has 0 bridgehead atoms. The summed E-state index contributed by atoms with van der Waals surface area (Å²) in [6, 6.07) is 11.1. The average molecular weight is 318 g/mol. The van der Waals surface area contributed by atoms with Crippen molar-refractivity contribution in [1.82, 2.24) is 5.32 Å². The van der Waals surface area contributed by atoms with Gasteiger partial charge in [-0.3, -0.25) is 9.69 Å². The summed E-state index contributed by atoms with van der Waals surface area (Å²) in [5.74, 6) is -0.695. The lowest BCUT2D eigenvalue weighted by Crippen LogP contribution is -2.43. The van der Waals surface area contributed by atoms with Crippen LogP contribution < -0.4 is 16.0 Å². The molecule has 0 aliphatic carbocycles. The van der Waals surface area contributed by atoms with Gasteiger partial charge in [0.15, 0.2) is 0 Å². The second-order valence-electron chi connectivity index (χ2n) is 4.87. The van der Waals surface area contributed by atoms with E-state index in [-0.39, 0.29) is 10.9 Å². The van der Waals surface area contributed by atoms with Crippen molar-refractivity contribution >= 4 is 28.9 Å². The highest BCUT2D eigenvalue weighted by Crippen LogP contribution is 2.34. The van der Waals surface area contributed by atoms with Crippen molar-refractivity contribution in [3.63, 3.8) is 0 Å². The minimum Gasteiger partial charge on any atom is -0.399 e. The number of amides is 1. The van der Waals surface area contributed by atoms with E-state index in [2.05, 4.69) is 5.32 Å². The Morgan fingerprint density at radius 3 is 2.59 bits per heavy atom. The van der Waals surface area contributed by atoms with Crippen LogP contribution >= 0.6 is 11.6 Å². The van der Waals surface area contributed by atoms with Crippen molar-refractivity contribution in [2.45, 2.75) is 6.17 Å². The lowest BCUT2D eigenvalue weighted by atomic mass is 10.1. The molecule has 4 nitrogen and oxygen atoms in total. The highest BCUT2D eigenvalue weighted by molar-refractivity contribution is 6.34. The predicted octanol–water partition coefficient (Wildman–Crippen LogP) is 3.21. The molecular formula is C16H13ClFN3O. The fraction of sp³-hybridized carbons (Fsp3) is 0.0625. The molecule has 0 spiro atoms. The van der Waals surface area contributed by atoms with Gasteiger partial charge in [-0.2, -0.15) is 0 Å². The summed E-state index contributed by atoms with van der Waals surface area (Å²) in [5.41, 5.74) is 7.60. The third kappa shape index (κ3) is 2.63. The average Bonchev–Trinajstić information content (AvgIpc) is 2.49. The number of nitrogens with zero attached hydrogens (tertiary/aromatic N) is 1. The molecule has 112 valence electrons. The molecule has 0 fully saturated rings. The normalized spacial score (nSPS) is 17.5. The molecule has 1 amide bonds. The van der Waals surface area contributed by atoms with Gasteiger partial charge in [0.25, 0.3) is 5.91 Å². The number of carbonyl (C=O) groups excluding carboxylic acids is 1. The molecule has 0 radical (unpaired) electrons. The molecule has 2 aromatic carbocycles. The van der Waals surface area contributed by atoms with Crippen molar-refractivity contribution in [2.75, 3.05) is 10.6 Å². The van der Waals surface area contributed by atoms with E-state index in [4.69, 9.17) is 17.3 Å². The van der Waals surface area contributed by atoms with Crippen molar-refractivity contribution < 1.29 is 9.18 Å². The van der Waals surface area contributed by atoms with E-state index < -0.39 is 12.0 Å². The number of rotatable bonds is 2. The second-order valence-corrected chi connectivity index (χ2v) is 5.28. The molecule has 1 aliphatic rings. The summed E-state index contributed by atoms with van der Waals surface area (Å²) in [7, 11) is 0. The number of nitrogens with two attached hydrogens (primary N) is 1. The van der Waals surface area contributed by atoms with Gasteiger partial charge in [0.05, 0.1) is 10.7 Å². The highest BCUT2D eigenvalue weighted by atomic mass is 35.5. The first-order chi connectivity index (χ1) is 10.6. The zero-order valence-electron chi connectivity index (χ0n) is 11.5. The Bertz CT molecular complexity index is 746. The van der Waals surface area contributed by atoms with Gasteiger partial charge in [0, 0.05) is 18.0 Å². The lowest BCUT2D eigenvalue weighted by molar-refractivity contribution is -0.115. The Kier molecular flexibility index (Phi) is 3.73. The minimum absolute atomic E-state index is 0.172. The van der Waals surface area contributed by atoms with Crippen LogP contribution in [0, 0.1) is 5.82 Å². The van der Waals surface area contributed by atoms with Crippen molar-refractivity contribution in [2.24, 2.45) is 0 Å². The van der Waals surface area contributed by atoms with E-state index in [9.17, 15) is 9.18 Å². The summed E-state index contributed by atoms with van der Waals surface area (Å²) < 4.78 is 13.2. The summed E-state index contributed by atoms with van der Waals surface area (Å²) in [6.45, 7) is 0. The third-order valence-electron chi connectivity index (χ3n) is 3.40. The van der Waals surface area contributed by atoms with Crippen LogP contribution in [0.15, 0.2) is 54.7 Å². The maximum Gasteiger partial charge on any atom is 0.254 e.